The second-order valence-electron chi connectivity index (χ2n) is 6.93. The third-order valence-electron chi connectivity index (χ3n) is 4.95. The van der Waals surface area contributed by atoms with E-state index in [2.05, 4.69) is 28.1 Å². The zero-order valence-electron chi connectivity index (χ0n) is 16.5. The largest absolute Gasteiger partial charge is 0.496 e. The lowest BCUT2D eigenvalue weighted by molar-refractivity contribution is 0.0934. The lowest BCUT2D eigenvalue weighted by Gasteiger charge is -2.17. The Balaban J connectivity index is 1.67. The van der Waals surface area contributed by atoms with Crippen LogP contribution in [0, 0.1) is 0 Å². The van der Waals surface area contributed by atoms with E-state index in [-0.39, 0.29) is 11.9 Å². The van der Waals surface area contributed by atoms with Crippen LogP contribution >= 0.6 is 0 Å². The number of hydrogen-bond acceptors (Lipinski definition) is 3. The van der Waals surface area contributed by atoms with E-state index in [1.165, 1.54) is 5.56 Å². The molecule has 146 valence electrons. The maximum absolute atomic E-state index is 12.9. The highest BCUT2D eigenvalue weighted by molar-refractivity contribution is 5.97. The maximum Gasteiger partial charge on any atom is 0.255 e. The van der Waals surface area contributed by atoms with Crippen molar-refractivity contribution in [3.8, 4) is 5.75 Å². The number of methoxy groups -OCH3 is 1. The van der Waals surface area contributed by atoms with E-state index in [1.807, 2.05) is 55.5 Å². The Hall–Kier alpha value is -3.60. The minimum Gasteiger partial charge on any atom is -0.496 e. The molecule has 0 fully saturated rings. The number of para-hydroxylation sites is 3. The van der Waals surface area contributed by atoms with Crippen LogP contribution < -0.4 is 10.1 Å². The fourth-order valence-electron chi connectivity index (χ4n) is 3.53. The molecule has 1 unspecified atom stereocenters. The Bertz CT molecular complexity index is 1140. The zero-order chi connectivity index (χ0) is 20.2. The highest BCUT2D eigenvalue weighted by Crippen LogP contribution is 2.24. The predicted octanol–water partition coefficient (Wildman–Crippen LogP) is 4.58. The first-order valence-electron chi connectivity index (χ1n) is 9.60. The average molecular weight is 385 g/mol. The molecule has 1 amide bonds. The standard InChI is InChI=1S/C24H23N3O2/c1-17(25-24(28)19-12-6-9-15-22(19)29-2)23-26-20-13-7-8-14-21(20)27(23)16-18-10-4-3-5-11-18/h3-15,17H,16H2,1-2H3,(H,25,28). The second kappa shape index (κ2) is 8.19. The minimum absolute atomic E-state index is 0.187. The third kappa shape index (κ3) is 3.85. The van der Waals surface area contributed by atoms with E-state index in [1.54, 1.807) is 19.2 Å². The van der Waals surface area contributed by atoms with Crippen molar-refractivity contribution in [2.24, 2.45) is 0 Å². The number of nitrogens with zero attached hydrogens (tertiary/aromatic N) is 2. The van der Waals surface area contributed by atoms with E-state index < -0.39 is 0 Å². The summed E-state index contributed by atoms with van der Waals surface area (Å²) in [4.78, 5) is 17.7. The Kier molecular flexibility index (Phi) is 5.29. The quantitative estimate of drug-likeness (QED) is 0.528. The van der Waals surface area contributed by atoms with Gasteiger partial charge in [-0.1, -0.05) is 54.6 Å². The van der Waals surface area contributed by atoms with Gasteiger partial charge in [0.2, 0.25) is 0 Å². The summed E-state index contributed by atoms with van der Waals surface area (Å²) in [5, 5.41) is 3.07. The van der Waals surface area contributed by atoms with Crippen molar-refractivity contribution in [2.45, 2.75) is 19.5 Å². The van der Waals surface area contributed by atoms with Crippen molar-refractivity contribution in [3.63, 3.8) is 0 Å². The molecule has 1 aromatic heterocycles. The monoisotopic (exact) mass is 385 g/mol. The number of benzene rings is 3. The SMILES string of the molecule is COc1ccccc1C(=O)NC(C)c1nc2ccccc2n1Cc1ccccc1. The molecule has 1 heterocycles. The molecule has 4 aromatic rings. The molecule has 0 saturated carbocycles. The molecule has 0 saturated heterocycles. The van der Waals surface area contributed by atoms with Gasteiger partial charge >= 0.3 is 0 Å². The van der Waals surface area contributed by atoms with Crippen molar-refractivity contribution < 1.29 is 9.53 Å². The van der Waals surface area contributed by atoms with Gasteiger partial charge in [-0.2, -0.15) is 0 Å². The molecule has 0 aliphatic rings. The van der Waals surface area contributed by atoms with Crippen LogP contribution in [0.2, 0.25) is 0 Å². The van der Waals surface area contributed by atoms with E-state index >= 15 is 0 Å². The molecule has 1 atom stereocenters. The van der Waals surface area contributed by atoms with Crippen molar-refractivity contribution in [3.05, 3.63) is 95.8 Å². The van der Waals surface area contributed by atoms with Gasteiger partial charge in [0.1, 0.15) is 11.6 Å². The lowest BCUT2D eigenvalue weighted by Crippen LogP contribution is -2.29. The summed E-state index contributed by atoms with van der Waals surface area (Å²) in [5.41, 5.74) is 3.65. The molecule has 5 nitrogen and oxygen atoms in total. The van der Waals surface area contributed by atoms with Crippen molar-refractivity contribution in [1.29, 1.82) is 0 Å². The Labute approximate surface area is 170 Å². The van der Waals surface area contributed by atoms with Gasteiger partial charge in [-0.05, 0) is 36.8 Å². The third-order valence-corrected chi connectivity index (χ3v) is 4.95. The molecule has 3 aromatic carbocycles. The number of imidazole rings is 1. The van der Waals surface area contributed by atoms with E-state index in [4.69, 9.17) is 9.72 Å². The van der Waals surface area contributed by atoms with Crippen LogP contribution in [-0.2, 0) is 6.54 Å². The van der Waals surface area contributed by atoms with Gasteiger partial charge in [-0.25, -0.2) is 4.98 Å². The second-order valence-corrected chi connectivity index (χ2v) is 6.93. The van der Waals surface area contributed by atoms with Crippen molar-refractivity contribution in [2.75, 3.05) is 7.11 Å². The number of hydrogen-bond donors (Lipinski definition) is 1. The number of amides is 1. The summed E-state index contributed by atoms with van der Waals surface area (Å²) in [5.74, 6) is 1.18. The fraction of sp³-hybridized carbons (Fsp3) is 0.167. The first-order chi connectivity index (χ1) is 14.2. The van der Waals surface area contributed by atoms with Gasteiger partial charge in [-0.3, -0.25) is 4.79 Å². The summed E-state index contributed by atoms with van der Waals surface area (Å²) in [7, 11) is 1.56. The van der Waals surface area contributed by atoms with Crippen LogP contribution in [0.1, 0.15) is 34.7 Å². The van der Waals surface area contributed by atoms with Gasteiger partial charge in [0, 0.05) is 6.54 Å². The van der Waals surface area contributed by atoms with Gasteiger partial charge in [0.15, 0.2) is 0 Å². The molecular weight excluding hydrogens is 362 g/mol. The average Bonchev–Trinajstić information content (AvgIpc) is 3.13. The predicted molar refractivity (Wildman–Crippen MR) is 114 cm³/mol. The van der Waals surface area contributed by atoms with Crippen LogP contribution in [0.25, 0.3) is 11.0 Å². The molecule has 0 radical (unpaired) electrons. The Morgan fingerprint density at radius 3 is 2.48 bits per heavy atom. The topological polar surface area (TPSA) is 56.1 Å². The molecule has 4 rings (SSSR count). The van der Waals surface area contributed by atoms with Crippen LogP contribution in [-0.4, -0.2) is 22.6 Å². The summed E-state index contributed by atoms with van der Waals surface area (Å²) in [6, 6.07) is 25.2. The van der Waals surface area contributed by atoms with E-state index in [0.29, 0.717) is 17.9 Å². The fourth-order valence-corrected chi connectivity index (χ4v) is 3.53. The number of carbonyl (C=O) groups is 1. The Morgan fingerprint density at radius 2 is 1.69 bits per heavy atom. The molecule has 0 aliphatic carbocycles. The first-order valence-corrected chi connectivity index (χ1v) is 9.60. The van der Waals surface area contributed by atoms with Crippen LogP contribution in [0.4, 0.5) is 0 Å². The minimum atomic E-state index is -0.275. The van der Waals surface area contributed by atoms with Gasteiger partial charge < -0.3 is 14.6 Å². The maximum atomic E-state index is 12.9. The highest BCUT2D eigenvalue weighted by Gasteiger charge is 2.20. The summed E-state index contributed by atoms with van der Waals surface area (Å²) in [6.07, 6.45) is 0. The normalized spacial score (nSPS) is 11.9. The molecule has 0 bridgehead atoms. The van der Waals surface area contributed by atoms with E-state index in [0.717, 1.165) is 16.9 Å². The Morgan fingerprint density at radius 1 is 1.00 bits per heavy atom. The van der Waals surface area contributed by atoms with Crippen LogP contribution in [0.5, 0.6) is 5.75 Å². The highest BCUT2D eigenvalue weighted by atomic mass is 16.5. The smallest absolute Gasteiger partial charge is 0.255 e. The van der Waals surface area contributed by atoms with Gasteiger partial charge in [-0.15, -0.1) is 0 Å². The van der Waals surface area contributed by atoms with Gasteiger partial charge in [0.05, 0.1) is 29.7 Å². The first kappa shape index (κ1) is 18.7. The van der Waals surface area contributed by atoms with Crippen molar-refractivity contribution in [1.82, 2.24) is 14.9 Å². The van der Waals surface area contributed by atoms with Crippen molar-refractivity contribution >= 4 is 16.9 Å². The number of fused-ring (bicyclic) bond motifs is 1. The summed E-state index contributed by atoms with van der Waals surface area (Å²) >= 11 is 0. The molecule has 5 heteroatoms. The number of rotatable bonds is 6. The number of aromatic nitrogens is 2. The summed E-state index contributed by atoms with van der Waals surface area (Å²) < 4.78 is 7.49. The number of ether oxygens (including phenoxy) is 1. The van der Waals surface area contributed by atoms with Gasteiger partial charge in [0.25, 0.3) is 5.91 Å². The van der Waals surface area contributed by atoms with Crippen LogP contribution in [0.15, 0.2) is 78.9 Å². The molecule has 0 spiro atoms. The van der Waals surface area contributed by atoms with E-state index in [9.17, 15) is 4.79 Å². The zero-order valence-corrected chi connectivity index (χ0v) is 16.5. The van der Waals surface area contributed by atoms with Crippen LogP contribution in [0.3, 0.4) is 0 Å². The molecule has 0 aliphatic heterocycles. The molecule has 29 heavy (non-hydrogen) atoms. The number of nitrogens with one attached hydrogen (secondary N) is 1. The number of carbonyl (C=O) groups excluding carboxylic acids is 1. The summed E-state index contributed by atoms with van der Waals surface area (Å²) in [6.45, 7) is 2.64. The lowest BCUT2D eigenvalue weighted by atomic mass is 10.1. The molecule has 1 N–H and O–H groups in total. The molecular formula is C24H23N3O2.